The van der Waals surface area contributed by atoms with Gasteiger partial charge in [-0.15, -0.1) is 0 Å². The van der Waals surface area contributed by atoms with E-state index in [2.05, 4.69) is 15.9 Å². The average Bonchev–Trinajstić information content (AvgIpc) is 2.36. The zero-order valence-electron chi connectivity index (χ0n) is 10.2. The van der Waals surface area contributed by atoms with Crippen LogP contribution in [0, 0.1) is 0 Å². The van der Waals surface area contributed by atoms with Gasteiger partial charge in [0.1, 0.15) is 0 Å². The Hall–Kier alpha value is -1.49. The molecule has 0 spiro atoms. The van der Waals surface area contributed by atoms with Crippen LogP contribution in [0.15, 0.2) is 40.9 Å². The lowest BCUT2D eigenvalue weighted by molar-refractivity contribution is 0.0620. The van der Waals surface area contributed by atoms with Crippen LogP contribution in [0.25, 0.3) is 10.8 Å². The number of alkyl halides is 2. The first-order valence-corrected chi connectivity index (χ1v) is 6.49. The molecule has 5 heteroatoms. The molecule has 0 saturated carbocycles. The minimum Gasteiger partial charge on any atom is -0.336 e. The van der Waals surface area contributed by atoms with Crippen LogP contribution in [-0.4, -0.2) is 30.8 Å². The molecule has 19 heavy (non-hydrogen) atoms. The van der Waals surface area contributed by atoms with Crippen molar-refractivity contribution in [1.82, 2.24) is 4.90 Å². The highest BCUT2D eigenvalue weighted by Gasteiger charge is 2.15. The highest BCUT2D eigenvalue weighted by molar-refractivity contribution is 9.10. The van der Waals surface area contributed by atoms with E-state index in [1.807, 2.05) is 24.3 Å². The molecule has 0 atom stereocenters. The van der Waals surface area contributed by atoms with Crippen LogP contribution < -0.4 is 0 Å². The van der Waals surface area contributed by atoms with Gasteiger partial charge in [0, 0.05) is 17.1 Å². The zero-order valence-corrected chi connectivity index (χ0v) is 11.8. The van der Waals surface area contributed by atoms with Crippen LogP contribution in [0.5, 0.6) is 0 Å². The van der Waals surface area contributed by atoms with E-state index in [4.69, 9.17) is 0 Å². The molecule has 0 N–H and O–H groups in total. The van der Waals surface area contributed by atoms with Gasteiger partial charge in [-0.25, -0.2) is 8.78 Å². The van der Waals surface area contributed by atoms with Crippen LogP contribution >= 0.6 is 15.9 Å². The third-order valence-electron chi connectivity index (χ3n) is 2.81. The van der Waals surface area contributed by atoms with Crippen molar-refractivity contribution in [2.45, 2.75) is 6.43 Å². The summed E-state index contributed by atoms with van der Waals surface area (Å²) < 4.78 is 25.5. The van der Waals surface area contributed by atoms with Crippen LogP contribution in [0.4, 0.5) is 8.78 Å². The molecule has 0 aliphatic rings. The van der Waals surface area contributed by atoms with Gasteiger partial charge in [-0.05, 0) is 35.0 Å². The topological polar surface area (TPSA) is 20.3 Å². The fraction of sp³-hybridized carbons (Fsp3) is 0.214. The first-order valence-electron chi connectivity index (χ1n) is 5.70. The van der Waals surface area contributed by atoms with Crippen LogP contribution in [0.1, 0.15) is 10.4 Å². The van der Waals surface area contributed by atoms with Crippen molar-refractivity contribution in [2.24, 2.45) is 0 Å². The molecule has 2 nitrogen and oxygen atoms in total. The van der Waals surface area contributed by atoms with Gasteiger partial charge in [-0.1, -0.05) is 28.1 Å². The largest absolute Gasteiger partial charge is 0.336 e. The molecule has 2 aromatic carbocycles. The van der Waals surface area contributed by atoms with Gasteiger partial charge in [-0.3, -0.25) is 4.79 Å². The van der Waals surface area contributed by atoms with Crippen molar-refractivity contribution in [3.05, 3.63) is 46.4 Å². The second-order valence-electron chi connectivity index (χ2n) is 4.28. The van der Waals surface area contributed by atoms with Gasteiger partial charge in [0.25, 0.3) is 12.3 Å². The summed E-state index contributed by atoms with van der Waals surface area (Å²) in [5, 5.41) is 1.89. The third-order valence-corrected chi connectivity index (χ3v) is 3.30. The Morgan fingerprint density at radius 2 is 1.84 bits per heavy atom. The van der Waals surface area contributed by atoms with Gasteiger partial charge in [-0.2, -0.15) is 0 Å². The maximum Gasteiger partial charge on any atom is 0.255 e. The number of rotatable bonds is 3. The SMILES string of the molecule is CN(CC(F)F)C(=O)c1ccc2cc(Br)ccc2c1. The fourth-order valence-corrected chi connectivity index (χ4v) is 2.24. The van der Waals surface area contributed by atoms with Crippen molar-refractivity contribution < 1.29 is 13.6 Å². The Kier molecular flexibility index (Phi) is 4.14. The second-order valence-corrected chi connectivity index (χ2v) is 5.20. The monoisotopic (exact) mass is 327 g/mol. The van der Waals surface area contributed by atoms with E-state index < -0.39 is 18.9 Å². The number of nitrogens with zero attached hydrogens (tertiary/aromatic N) is 1. The average molecular weight is 328 g/mol. The van der Waals surface area contributed by atoms with E-state index in [0.29, 0.717) is 5.56 Å². The van der Waals surface area contributed by atoms with E-state index in [0.717, 1.165) is 20.1 Å². The molecule has 0 aliphatic carbocycles. The van der Waals surface area contributed by atoms with E-state index in [1.54, 1.807) is 12.1 Å². The summed E-state index contributed by atoms with van der Waals surface area (Å²) in [6.07, 6.45) is -2.52. The molecule has 2 rings (SSSR count). The van der Waals surface area contributed by atoms with E-state index in [1.165, 1.54) is 7.05 Å². The summed E-state index contributed by atoms with van der Waals surface area (Å²) in [5.41, 5.74) is 0.415. The van der Waals surface area contributed by atoms with Crippen molar-refractivity contribution in [2.75, 3.05) is 13.6 Å². The van der Waals surface area contributed by atoms with Gasteiger partial charge >= 0.3 is 0 Å². The predicted octanol–water partition coefficient (Wildman–Crippen LogP) is 3.94. The van der Waals surface area contributed by atoms with Crippen molar-refractivity contribution in [3.63, 3.8) is 0 Å². The maximum atomic E-state index is 12.3. The van der Waals surface area contributed by atoms with E-state index in [9.17, 15) is 13.6 Å². The van der Waals surface area contributed by atoms with Gasteiger partial charge in [0.2, 0.25) is 0 Å². The van der Waals surface area contributed by atoms with Gasteiger partial charge in [0.15, 0.2) is 0 Å². The summed E-state index contributed by atoms with van der Waals surface area (Å²) in [6.45, 7) is -0.558. The normalized spacial score (nSPS) is 11.0. The summed E-state index contributed by atoms with van der Waals surface area (Å²) in [5.74, 6) is -0.398. The van der Waals surface area contributed by atoms with Crippen LogP contribution in [-0.2, 0) is 0 Å². The molecule has 0 saturated heterocycles. The summed E-state index contributed by atoms with van der Waals surface area (Å²) in [7, 11) is 1.38. The lowest BCUT2D eigenvalue weighted by Crippen LogP contribution is -2.31. The quantitative estimate of drug-likeness (QED) is 0.836. The Morgan fingerprint density at radius 1 is 1.21 bits per heavy atom. The molecule has 0 bridgehead atoms. The number of carbonyl (C=O) groups is 1. The number of benzene rings is 2. The second kappa shape index (κ2) is 5.65. The molecule has 0 heterocycles. The number of hydrogen-bond donors (Lipinski definition) is 0. The molecule has 2 aromatic rings. The molecule has 1 amide bonds. The van der Waals surface area contributed by atoms with Crippen molar-refractivity contribution in [1.29, 1.82) is 0 Å². The van der Waals surface area contributed by atoms with Gasteiger partial charge in [0.05, 0.1) is 6.54 Å². The molecular weight excluding hydrogens is 316 g/mol. The molecule has 0 unspecified atom stereocenters. The predicted molar refractivity (Wildman–Crippen MR) is 74.6 cm³/mol. The molecule has 0 radical (unpaired) electrons. The smallest absolute Gasteiger partial charge is 0.255 e. The Balaban J connectivity index is 2.30. The Morgan fingerprint density at radius 3 is 2.53 bits per heavy atom. The third kappa shape index (κ3) is 3.29. The Labute approximate surface area is 118 Å². The maximum absolute atomic E-state index is 12.3. The van der Waals surface area contributed by atoms with Crippen molar-refractivity contribution in [3.8, 4) is 0 Å². The fourth-order valence-electron chi connectivity index (χ4n) is 1.86. The highest BCUT2D eigenvalue weighted by atomic mass is 79.9. The minimum absolute atomic E-state index is 0.398. The Bertz CT molecular complexity index is 615. The summed E-state index contributed by atoms with van der Waals surface area (Å²) in [4.78, 5) is 13.0. The number of hydrogen-bond acceptors (Lipinski definition) is 1. The first kappa shape index (κ1) is 13.9. The molecular formula is C14H12BrF2NO. The summed E-state index contributed by atoms with van der Waals surface area (Å²) in [6, 6.07) is 10.9. The number of halogens is 3. The van der Waals surface area contributed by atoms with Crippen LogP contribution in [0.3, 0.4) is 0 Å². The van der Waals surface area contributed by atoms with Gasteiger partial charge < -0.3 is 4.90 Å². The molecule has 0 aromatic heterocycles. The number of carbonyl (C=O) groups excluding carboxylic acids is 1. The molecule has 100 valence electrons. The molecule has 0 fully saturated rings. The van der Waals surface area contributed by atoms with E-state index in [-0.39, 0.29) is 0 Å². The number of amides is 1. The lowest BCUT2D eigenvalue weighted by atomic mass is 10.1. The summed E-state index contributed by atoms with van der Waals surface area (Å²) >= 11 is 3.37. The van der Waals surface area contributed by atoms with E-state index >= 15 is 0 Å². The minimum atomic E-state index is -2.52. The highest BCUT2D eigenvalue weighted by Crippen LogP contribution is 2.21. The van der Waals surface area contributed by atoms with Crippen LogP contribution in [0.2, 0.25) is 0 Å². The zero-order chi connectivity index (χ0) is 14.0. The standard InChI is InChI=1S/C14H12BrF2NO/c1-18(8-13(16)17)14(19)11-3-2-10-7-12(15)5-4-9(10)6-11/h2-7,13H,8H2,1H3. The number of fused-ring (bicyclic) bond motifs is 1. The van der Waals surface area contributed by atoms with Crippen molar-refractivity contribution >= 4 is 32.6 Å². The lowest BCUT2D eigenvalue weighted by Gasteiger charge is -2.16. The molecule has 0 aliphatic heterocycles. The first-order chi connectivity index (χ1) is 8.97.